The number of nitrogens with two attached hydrogens (primary N) is 1. The number of hydrogen-bond donors (Lipinski definition) is 2. The van der Waals surface area contributed by atoms with Crippen LogP contribution in [-0.4, -0.2) is 29.7 Å². The van der Waals surface area contributed by atoms with Gasteiger partial charge in [-0.15, -0.1) is 0 Å². The Balaban J connectivity index is 2.27. The lowest BCUT2D eigenvalue weighted by atomic mass is 9.82. The minimum atomic E-state index is -3.76. The van der Waals surface area contributed by atoms with Crippen molar-refractivity contribution in [3.63, 3.8) is 0 Å². The van der Waals surface area contributed by atoms with Crippen molar-refractivity contribution in [2.45, 2.75) is 43.5 Å². The van der Waals surface area contributed by atoms with Gasteiger partial charge in [0.2, 0.25) is 7.37 Å². The monoisotopic (exact) mass is 325 g/mol. The van der Waals surface area contributed by atoms with E-state index in [1.54, 1.807) is 12.1 Å². The van der Waals surface area contributed by atoms with Crippen molar-refractivity contribution >= 4 is 13.3 Å². The van der Waals surface area contributed by atoms with Crippen molar-refractivity contribution < 1.29 is 19.0 Å². The van der Waals surface area contributed by atoms with Gasteiger partial charge in [-0.25, -0.2) is 0 Å². The summed E-state index contributed by atoms with van der Waals surface area (Å²) in [6, 6.07) is 8.83. The molecule has 0 amide bonds. The number of ether oxygens (including phenoxy) is 1. The topological polar surface area (TPSA) is 89.6 Å². The van der Waals surface area contributed by atoms with Gasteiger partial charge < -0.3 is 15.4 Å². The van der Waals surface area contributed by atoms with Gasteiger partial charge in [-0.2, -0.15) is 0 Å². The van der Waals surface area contributed by atoms with E-state index in [4.69, 9.17) is 10.5 Å². The van der Waals surface area contributed by atoms with E-state index < -0.39 is 19.0 Å². The molecular formula is C16H24NO4P. The van der Waals surface area contributed by atoms with Crippen molar-refractivity contribution in [1.82, 2.24) is 0 Å². The van der Waals surface area contributed by atoms with Gasteiger partial charge in [-0.3, -0.25) is 9.36 Å². The Morgan fingerprint density at radius 2 is 2.00 bits per heavy atom. The van der Waals surface area contributed by atoms with Crippen molar-refractivity contribution in [3.05, 3.63) is 35.9 Å². The van der Waals surface area contributed by atoms with Gasteiger partial charge in [-0.1, -0.05) is 43.2 Å². The van der Waals surface area contributed by atoms with Crippen molar-refractivity contribution in [2.24, 2.45) is 11.7 Å². The van der Waals surface area contributed by atoms with Crippen LogP contribution in [0.15, 0.2) is 30.3 Å². The molecule has 4 atom stereocenters. The fourth-order valence-corrected chi connectivity index (χ4v) is 5.62. The maximum Gasteiger partial charge on any atom is 0.318 e. The van der Waals surface area contributed by atoms with Gasteiger partial charge in [-0.05, 0) is 24.3 Å². The van der Waals surface area contributed by atoms with Crippen LogP contribution in [0.3, 0.4) is 0 Å². The lowest BCUT2D eigenvalue weighted by Crippen LogP contribution is -2.44. The first-order valence-corrected chi connectivity index (χ1v) is 9.56. The Morgan fingerprint density at radius 3 is 2.59 bits per heavy atom. The number of carbonyl (C=O) groups is 1. The van der Waals surface area contributed by atoms with Gasteiger partial charge in [0.05, 0.1) is 13.3 Å². The van der Waals surface area contributed by atoms with Gasteiger partial charge in [0, 0.05) is 6.04 Å². The number of hydrogen-bond acceptors (Lipinski definition) is 4. The summed E-state index contributed by atoms with van der Waals surface area (Å²) in [5.41, 5.74) is 5.83. The molecule has 122 valence electrons. The van der Waals surface area contributed by atoms with Crippen LogP contribution in [0, 0.1) is 5.92 Å². The van der Waals surface area contributed by atoms with Gasteiger partial charge >= 0.3 is 5.97 Å². The number of carbonyl (C=O) groups excluding carboxylic acids is 1. The zero-order chi connectivity index (χ0) is 16.2. The Hall–Kier alpha value is -1.16. The normalized spacial score (nSPS) is 26.0. The Labute approximate surface area is 131 Å². The molecule has 3 N–H and O–H groups in total. The highest BCUT2D eigenvalue weighted by atomic mass is 31.2. The van der Waals surface area contributed by atoms with Crippen LogP contribution in [-0.2, 0) is 20.3 Å². The lowest BCUT2D eigenvalue weighted by Gasteiger charge is -2.35. The van der Waals surface area contributed by atoms with Crippen molar-refractivity contribution in [1.29, 1.82) is 0 Å². The third kappa shape index (κ3) is 3.97. The molecular weight excluding hydrogens is 301 g/mol. The van der Waals surface area contributed by atoms with Gasteiger partial charge in [0.1, 0.15) is 5.66 Å². The fraction of sp³-hybridized carbons (Fsp3) is 0.562. The molecule has 0 aromatic heterocycles. The lowest BCUT2D eigenvalue weighted by molar-refractivity contribution is -0.141. The number of rotatable bonds is 5. The SMILES string of the molecule is COC(=O)C(C1CCCCC1N)P(=O)(O)Cc1ccccc1. The molecule has 0 saturated heterocycles. The Kier molecular flexibility index (Phi) is 5.79. The fourth-order valence-electron chi connectivity index (χ4n) is 3.28. The molecule has 0 spiro atoms. The zero-order valence-electron chi connectivity index (χ0n) is 12.9. The highest BCUT2D eigenvalue weighted by Crippen LogP contribution is 2.54. The summed E-state index contributed by atoms with van der Waals surface area (Å²) in [5, 5.41) is 0. The first kappa shape index (κ1) is 17.2. The smallest absolute Gasteiger partial charge is 0.318 e. The molecule has 22 heavy (non-hydrogen) atoms. The van der Waals surface area contributed by atoms with E-state index in [2.05, 4.69) is 0 Å². The first-order chi connectivity index (χ1) is 10.5. The molecule has 1 fully saturated rings. The third-order valence-electron chi connectivity index (χ3n) is 4.41. The maximum absolute atomic E-state index is 12.9. The predicted molar refractivity (Wildman–Crippen MR) is 85.7 cm³/mol. The van der Waals surface area contributed by atoms with E-state index in [-0.39, 0.29) is 18.1 Å². The molecule has 1 aliphatic carbocycles. The molecule has 0 bridgehead atoms. The summed E-state index contributed by atoms with van der Waals surface area (Å²) >= 11 is 0. The molecule has 2 rings (SSSR count). The van der Waals surface area contributed by atoms with E-state index in [1.807, 2.05) is 18.2 Å². The Morgan fingerprint density at radius 1 is 1.36 bits per heavy atom. The van der Waals surface area contributed by atoms with E-state index in [1.165, 1.54) is 7.11 Å². The minimum absolute atomic E-state index is 0.0309. The van der Waals surface area contributed by atoms with Crippen LogP contribution in [0.4, 0.5) is 0 Å². The van der Waals surface area contributed by atoms with E-state index in [0.29, 0.717) is 6.42 Å². The number of methoxy groups -OCH3 is 1. The second kappa shape index (κ2) is 7.40. The molecule has 0 heterocycles. The van der Waals surface area contributed by atoms with Crippen LogP contribution in [0.1, 0.15) is 31.2 Å². The molecule has 1 aromatic rings. The predicted octanol–water partition coefficient (Wildman–Crippen LogP) is 2.52. The molecule has 1 aromatic carbocycles. The average Bonchev–Trinajstić information content (AvgIpc) is 2.49. The Bertz CT molecular complexity index is 548. The molecule has 6 heteroatoms. The maximum atomic E-state index is 12.9. The standard InChI is InChI=1S/C16H24NO4P/c1-21-16(18)15(13-9-5-6-10-14(13)17)22(19,20)11-12-7-3-2-4-8-12/h2-4,7-8,13-15H,5-6,9-11,17H2,1H3,(H,19,20). The van der Waals surface area contributed by atoms with Crippen molar-refractivity contribution in [3.8, 4) is 0 Å². The minimum Gasteiger partial charge on any atom is -0.468 e. The first-order valence-electron chi connectivity index (χ1n) is 7.64. The summed E-state index contributed by atoms with van der Waals surface area (Å²) in [6.07, 6.45) is 3.37. The summed E-state index contributed by atoms with van der Waals surface area (Å²) in [7, 11) is -2.50. The van der Waals surface area contributed by atoms with Gasteiger partial charge in [0.15, 0.2) is 0 Å². The largest absolute Gasteiger partial charge is 0.468 e. The quantitative estimate of drug-likeness (QED) is 0.641. The van der Waals surface area contributed by atoms with Crippen LogP contribution in [0.2, 0.25) is 0 Å². The van der Waals surface area contributed by atoms with E-state index >= 15 is 0 Å². The molecule has 1 aliphatic rings. The average molecular weight is 325 g/mol. The molecule has 4 unspecified atom stereocenters. The molecule has 0 aliphatic heterocycles. The van der Waals surface area contributed by atoms with Crippen LogP contribution in [0.25, 0.3) is 0 Å². The highest BCUT2D eigenvalue weighted by Gasteiger charge is 2.46. The summed E-state index contributed by atoms with van der Waals surface area (Å²) < 4.78 is 17.7. The van der Waals surface area contributed by atoms with E-state index in [0.717, 1.165) is 24.8 Å². The molecule has 5 nitrogen and oxygen atoms in total. The second-order valence-corrected chi connectivity index (χ2v) is 8.36. The zero-order valence-corrected chi connectivity index (χ0v) is 13.7. The van der Waals surface area contributed by atoms with E-state index in [9.17, 15) is 14.3 Å². The number of esters is 1. The van der Waals surface area contributed by atoms with Crippen LogP contribution in [0.5, 0.6) is 0 Å². The second-order valence-electron chi connectivity index (χ2n) is 5.98. The summed E-state index contributed by atoms with van der Waals surface area (Å²) in [6.45, 7) is 0. The molecule has 0 radical (unpaired) electrons. The van der Waals surface area contributed by atoms with Crippen LogP contribution < -0.4 is 5.73 Å². The van der Waals surface area contributed by atoms with Crippen molar-refractivity contribution in [2.75, 3.05) is 7.11 Å². The molecule has 1 saturated carbocycles. The van der Waals surface area contributed by atoms with Gasteiger partial charge in [0.25, 0.3) is 0 Å². The summed E-state index contributed by atoms with van der Waals surface area (Å²) in [5.74, 6) is -0.912. The highest BCUT2D eigenvalue weighted by molar-refractivity contribution is 7.59. The summed E-state index contributed by atoms with van der Waals surface area (Å²) in [4.78, 5) is 22.8. The third-order valence-corrected chi connectivity index (χ3v) is 6.69. The van der Waals surface area contributed by atoms with Crippen LogP contribution >= 0.6 is 7.37 Å². The number of benzene rings is 1.